The number of hydrogen-bond acceptors (Lipinski definition) is 4. The van der Waals surface area contributed by atoms with E-state index in [1.54, 1.807) is 12.1 Å². The fraction of sp³-hybridized carbons (Fsp3) is 0.194. The van der Waals surface area contributed by atoms with Crippen LogP contribution in [-0.2, 0) is 11.2 Å². The molecule has 5 aromatic rings. The number of fused-ring (bicyclic) bond motifs is 1. The summed E-state index contributed by atoms with van der Waals surface area (Å²) in [5.41, 5.74) is 7.95. The van der Waals surface area contributed by atoms with Gasteiger partial charge in [-0.05, 0) is 71.8 Å². The Bertz CT molecular complexity index is 1780. The highest BCUT2D eigenvalue weighted by Gasteiger charge is 2.54. The van der Waals surface area contributed by atoms with Crippen LogP contribution in [0, 0.1) is 5.41 Å². The average Bonchev–Trinajstić information content (AvgIpc) is 3.50. The second-order valence-corrected chi connectivity index (χ2v) is 12.9. The van der Waals surface area contributed by atoms with E-state index in [1.807, 2.05) is 41.8 Å². The van der Waals surface area contributed by atoms with E-state index in [4.69, 9.17) is 16.6 Å². The Balaban J connectivity index is 1.03. The molecule has 1 atom stereocenters. The first-order chi connectivity index (χ1) is 20.9. The summed E-state index contributed by atoms with van der Waals surface area (Å²) in [5, 5.41) is 9.35. The highest BCUT2D eigenvalue weighted by molar-refractivity contribution is 7.14. The molecule has 3 aliphatic carbocycles. The van der Waals surface area contributed by atoms with Crippen molar-refractivity contribution in [2.45, 2.75) is 31.6 Å². The predicted molar refractivity (Wildman–Crippen MR) is 173 cm³/mol. The minimum Gasteiger partial charge on any atom is -0.352 e. The van der Waals surface area contributed by atoms with E-state index < -0.39 is 5.41 Å². The van der Waals surface area contributed by atoms with Crippen LogP contribution in [0.15, 0.2) is 102 Å². The zero-order valence-corrected chi connectivity index (χ0v) is 25.2. The largest absolute Gasteiger partial charge is 0.352 e. The lowest BCUT2D eigenvalue weighted by Gasteiger charge is -2.50. The molecule has 1 aromatic heterocycles. The van der Waals surface area contributed by atoms with Gasteiger partial charge in [-0.25, -0.2) is 4.98 Å². The predicted octanol–water partition coefficient (Wildman–Crippen LogP) is 8.06. The van der Waals surface area contributed by atoms with Gasteiger partial charge >= 0.3 is 0 Å². The second-order valence-electron chi connectivity index (χ2n) is 11.6. The number of nitrogens with one attached hydrogen (secondary N) is 2. The minimum absolute atomic E-state index is 0.00183. The highest BCUT2D eigenvalue weighted by Crippen LogP contribution is 2.61. The van der Waals surface area contributed by atoms with Crippen LogP contribution in [0.4, 0.5) is 5.13 Å². The Labute approximate surface area is 260 Å². The van der Waals surface area contributed by atoms with Crippen molar-refractivity contribution in [3.8, 4) is 11.3 Å². The van der Waals surface area contributed by atoms with Crippen molar-refractivity contribution in [3.05, 3.63) is 141 Å². The van der Waals surface area contributed by atoms with Gasteiger partial charge in [-0.1, -0.05) is 84.4 Å². The Morgan fingerprint density at radius 1 is 0.884 bits per heavy atom. The number of halogens is 1. The number of anilines is 1. The fourth-order valence-corrected chi connectivity index (χ4v) is 7.60. The number of amides is 2. The molecule has 0 aliphatic heterocycles. The van der Waals surface area contributed by atoms with Crippen LogP contribution in [0.2, 0.25) is 5.02 Å². The lowest BCUT2D eigenvalue weighted by Crippen LogP contribution is -2.47. The molecule has 43 heavy (non-hydrogen) atoms. The van der Waals surface area contributed by atoms with Gasteiger partial charge in [0, 0.05) is 39.9 Å². The number of thiazole rings is 1. The smallest absolute Gasteiger partial charge is 0.251 e. The summed E-state index contributed by atoms with van der Waals surface area (Å²) in [7, 11) is 0. The molecule has 7 heteroatoms. The van der Waals surface area contributed by atoms with Crippen molar-refractivity contribution in [2.75, 3.05) is 11.9 Å². The molecule has 8 rings (SSSR count). The van der Waals surface area contributed by atoms with Crippen LogP contribution < -0.4 is 10.6 Å². The van der Waals surface area contributed by atoms with Crippen LogP contribution in [0.1, 0.15) is 63.4 Å². The van der Waals surface area contributed by atoms with Gasteiger partial charge in [0.1, 0.15) is 0 Å². The molecule has 0 saturated heterocycles. The van der Waals surface area contributed by atoms with Gasteiger partial charge in [0.15, 0.2) is 5.13 Å². The SMILES string of the molecule is CC1(C(=O)Nc2nc(-c3ccc(C(=O)NCCc4ccc(Cl)cc4)cc3)cs2)CC2c3ccccc3C1c1ccccc12. The van der Waals surface area contributed by atoms with E-state index >= 15 is 0 Å². The van der Waals surface area contributed by atoms with Crippen molar-refractivity contribution >= 4 is 39.9 Å². The summed E-state index contributed by atoms with van der Waals surface area (Å²) in [6.07, 6.45) is 1.49. The normalized spacial score (nSPS) is 19.8. The molecule has 0 spiro atoms. The van der Waals surface area contributed by atoms with Crippen LogP contribution in [-0.4, -0.2) is 23.3 Å². The van der Waals surface area contributed by atoms with E-state index in [2.05, 4.69) is 66.1 Å². The number of carbonyl (C=O) groups excluding carboxylic acids is 2. The van der Waals surface area contributed by atoms with Crippen molar-refractivity contribution < 1.29 is 9.59 Å². The molecule has 1 heterocycles. The van der Waals surface area contributed by atoms with E-state index in [0.29, 0.717) is 22.3 Å². The Morgan fingerprint density at radius 2 is 1.51 bits per heavy atom. The van der Waals surface area contributed by atoms with E-state index in [-0.39, 0.29) is 23.7 Å². The van der Waals surface area contributed by atoms with Gasteiger partial charge in [-0.2, -0.15) is 0 Å². The summed E-state index contributed by atoms with van der Waals surface area (Å²) in [6.45, 7) is 2.63. The van der Waals surface area contributed by atoms with Crippen molar-refractivity contribution in [3.63, 3.8) is 0 Å². The molecule has 4 aromatic carbocycles. The Kier molecular flexibility index (Phi) is 7.12. The number of hydrogen-bond donors (Lipinski definition) is 2. The molecule has 2 amide bonds. The Hall–Kier alpha value is -4.26. The van der Waals surface area contributed by atoms with Crippen LogP contribution >= 0.6 is 22.9 Å². The molecule has 2 bridgehead atoms. The quantitative estimate of drug-likeness (QED) is 0.198. The molecule has 5 nitrogen and oxygen atoms in total. The number of nitrogens with zero attached hydrogens (tertiary/aromatic N) is 1. The van der Waals surface area contributed by atoms with Crippen LogP contribution in [0.3, 0.4) is 0 Å². The first-order valence-electron chi connectivity index (χ1n) is 14.5. The third kappa shape index (κ3) is 5.05. The number of carbonyl (C=O) groups is 2. The number of rotatable bonds is 7. The molecule has 0 fully saturated rings. The maximum atomic E-state index is 14.0. The van der Waals surface area contributed by atoms with E-state index in [9.17, 15) is 9.59 Å². The average molecular weight is 604 g/mol. The fourth-order valence-electron chi connectivity index (χ4n) is 6.76. The molecule has 3 aliphatic rings. The van der Waals surface area contributed by atoms with Crippen molar-refractivity contribution in [1.82, 2.24) is 10.3 Å². The maximum Gasteiger partial charge on any atom is 0.251 e. The van der Waals surface area contributed by atoms with E-state index in [0.717, 1.165) is 29.7 Å². The van der Waals surface area contributed by atoms with Gasteiger partial charge < -0.3 is 10.6 Å². The topological polar surface area (TPSA) is 71.1 Å². The summed E-state index contributed by atoms with van der Waals surface area (Å²) in [6, 6.07) is 32.1. The summed E-state index contributed by atoms with van der Waals surface area (Å²) in [4.78, 5) is 31.4. The molecule has 0 radical (unpaired) electrons. The third-order valence-electron chi connectivity index (χ3n) is 8.93. The van der Waals surface area contributed by atoms with Gasteiger partial charge in [-0.15, -0.1) is 11.3 Å². The van der Waals surface area contributed by atoms with Gasteiger partial charge in [0.2, 0.25) is 5.91 Å². The molecular formula is C36H30ClN3O2S. The standard InChI is InChI=1S/C36H30ClN3O2S/c1-36(20-30-26-6-2-4-8-28(26)32(36)29-9-5-3-7-27(29)30)34(42)40-35-39-31(21-43-35)23-12-14-24(15-13-23)33(41)38-19-18-22-10-16-25(37)17-11-22/h2-17,21,30,32H,18-20H2,1H3,(H,38,41)(H,39,40,42). The zero-order valence-electron chi connectivity index (χ0n) is 23.6. The maximum absolute atomic E-state index is 14.0. The molecular weight excluding hydrogens is 574 g/mol. The monoisotopic (exact) mass is 603 g/mol. The van der Waals surface area contributed by atoms with Crippen LogP contribution in [0.5, 0.6) is 0 Å². The molecule has 0 saturated carbocycles. The summed E-state index contributed by atoms with van der Waals surface area (Å²) >= 11 is 7.36. The third-order valence-corrected chi connectivity index (χ3v) is 9.94. The molecule has 2 N–H and O–H groups in total. The first kappa shape index (κ1) is 27.6. The second kappa shape index (κ2) is 11.1. The van der Waals surface area contributed by atoms with Crippen LogP contribution in [0.25, 0.3) is 11.3 Å². The summed E-state index contributed by atoms with van der Waals surface area (Å²) in [5.74, 6) is 0.0744. The van der Waals surface area contributed by atoms with Gasteiger partial charge in [-0.3, -0.25) is 9.59 Å². The zero-order chi connectivity index (χ0) is 29.6. The first-order valence-corrected chi connectivity index (χ1v) is 15.7. The lowest BCUT2D eigenvalue weighted by atomic mass is 9.52. The Morgan fingerprint density at radius 3 is 2.16 bits per heavy atom. The number of benzene rings is 4. The lowest BCUT2D eigenvalue weighted by molar-refractivity contribution is -0.126. The van der Waals surface area contributed by atoms with Gasteiger partial charge in [0.25, 0.3) is 5.91 Å². The highest BCUT2D eigenvalue weighted by atomic mass is 35.5. The van der Waals surface area contributed by atoms with Gasteiger partial charge in [0.05, 0.1) is 11.1 Å². The molecule has 214 valence electrons. The number of aromatic nitrogens is 1. The van der Waals surface area contributed by atoms with Crippen molar-refractivity contribution in [2.24, 2.45) is 5.41 Å². The summed E-state index contributed by atoms with van der Waals surface area (Å²) < 4.78 is 0. The van der Waals surface area contributed by atoms with E-state index in [1.165, 1.54) is 33.6 Å². The van der Waals surface area contributed by atoms with Crippen molar-refractivity contribution in [1.29, 1.82) is 0 Å². The minimum atomic E-state index is -0.595. The molecule has 1 unspecified atom stereocenters.